The first-order valence-electron chi connectivity index (χ1n) is 8.03. The highest BCUT2D eigenvalue weighted by Gasteiger charge is 2.15. The minimum atomic E-state index is 0.459. The minimum absolute atomic E-state index is 0.459. The van der Waals surface area contributed by atoms with Crippen molar-refractivity contribution in [2.75, 3.05) is 7.11 Å². The van der Waals surface area contributed by atoms with E-state index < -0.39 is 0 Å². The van der Waals surface area contributed by atoms with Gasteiger partial charge in [0.2, 0.25) is 5.75 Å². The van der Waals surface area contributed by atoms with Crippen molar-refractivity contribution in [3.05, 3.63) is 75.8 Å². The van der Waals surface area contributed by atoms with Crippen LogP contribution in [-0.4, -0.2) is 7.11 Å². The van der Waals surface area contributed by atoms with E-state index in [1.54, 1.807) is 19.2 Å². The lowest BCUT2D eigenvalue weighted by Gasteiger charge is -2.16. The zero-order chi connectivity index (χ0) is 18.7. The van der Waals surface area contributed by atoms with E-state index in [2.05, 4.69) is 0 Å². The molecule has 0 atom stereocenters. The molecule has 0 heterocycles. The third-order valence-electron chi connectivity index (χ3n) is 3.76. The van der Waals surface area contributed by atoms with E-state index in [0.29, 0.717) is 38.8 Å². The fourth-order valence-electron chi connectivity index (χ4n) is 2.47. The summed E-state index contributed by atoms with van der Waals surface area (Å²) in [7, 11) is 1.56. The van der Waals surface area contributed by atoms with Gasteiger partial charge in [0, 0.05) is 0 Å². The summed E-state index contributed by atoms with van der Waals surface area (Å²) in [4.78, 5) is 0. The third-order valence-corrected chi connectivity index (χ3v) is 4.35. The van der Waals surface area contributed by atoms with Gasteiger partial charge in [-0.2, -0.15) is 0 Å². The summed E-state index contributed by atoms with van der Waals surface area (Å²) in [5.41, 5.74) is 2.11. The molecule has 0 saturated heterocycles. The van der Waals surface area contributed by atoms with Gasteiger partial charge in [-0.05, 0) is 61.4 Å². The normalized spacial score (nSPS) is 10.5. The topological polar surface area (TPSA) is 27.7 Å². The molecule has 0 N–H and O–H groups in total. The van der Waals surface area contributed by atoms with Crippen LogP contribution >= 0.6 is 23.2 Å². The molecule has 0 radical (unpaired) electrons. The summed E-state index contributed by atoms with van der Waals surface area (Å²) in [5.74, 6) is 2.54. The highest BCUT2D eigenvalue weighted by Crippen LogP contribution is 2.43. The van der Waals surface area contributed by atoms with Crippen LogP contribution in [0.4, 0.5) is 0 Å². The van der Waals surface area contributed by atoms with Gasteiger partial charge in [-0.25, -0.2) is 0 Å². The Labute approximate surface area is 163 Å². The van der Waals surface area contributed by atoms with Crippen molar-refractivity contribution < 1.29 is 14.2 Å². The Morgan fingerprint density at radius 1 is 0.654 bits per heavy atom. The summed E-state index contributed by atoms with van der Waals surface area (Å²) in [6, 6.07) is 16.6. The maximum Gasteiger partial charge on any atom is 0.204 e. The summed E-state index contributed by atoms with van der Waals surface area (Å²) in [6.45, 7) is 3.94. The molecular weight excluding hydrogens is 371 g/mol. The smallest absolute Gasteiger partial charge is 0.204 e. The zero-order valence-electron chi connectivity index (χ0n) is 14.7. The predicted octanol–water partition coefficient (Wildman–Crippen LogP) is 7.20. The van der Waals surface area contributed by atoms with Crippen molar-refractivity contribution in [3.63, 3.8) is 0 Å². The molecule has 26 heavy (non-hydrogen) atoms. The maximum absolute atomic E-state index is 6.27. The van der Waals surface area contributed by atoms with E-state index in [1.165, 1.54) is 0 Å². The lowest BCUT2D eigenvalue weighted by molar-refractivity contribution is 0.353. The molecule has 5 heteroatoms. The molecule has 0 saturated carbocycles. The van der Waals surface area contributed by atoms with Crippen LogP contribution in [0.5, 0.6) is 28.7 Å². The summed E-state index contributed by atoms with van der Waals surface area (Å²) >= 11 is 12.5. The quantitative estimate of drug-likeness (QED) is 0.462. The molecule has 0 aliphatic heterocycles. The molecule has 0 spiro atoms. The van der Waals surface area contributed by atoms with Crippen molar-refractivity contribution in [3.8, 4) is 28.7 Å². The lowest BCUT2D eigenvalue weighted by atomic mass is 10.2. The molecule has 0 unspecified atom stereocenters. The van der Waals surface area contributed by atoms with Crippen LogP contribution in [0.2, 0.25) is 10.0 Å². The number of benzene rings is 3. The van der Waals surface area contributed by atoms with Crippen molar-refractivity contribution in [1.82, 2.24) is 0 Å². The zero-order valence-corrected chi connectivity index (χ0v) is 16.2. The highest BCUT2D eigenvalue weighted by molar-refractivity contribution is 6.32. The first kappa shape index (κ1) is 18.4. The predicted molar refractivity (Wildman–Crippen MR) is 106 cm³/mol. The third kappa shape index (κ3) is 4.06. The lowest BCUT2D eigenvalue weighted by Crippen LogP contribution is -1.95. The number of aryl methyl sites for hydroxylation is 2. The van der Waals surface area contributed by atoms with E-state index in [0.717, 1.165) is 11.1 Å². The molecule has 0 aromatic heterocycles. The summed E-state index contributed by atoms with van der Waals surface area (Å²) in [5, 5.41) is 1.06. The number of rotatable bonds is 5. The second-order valence-corrected chi connectivity index (χ2v) is 6.67. The molecule has 0 aliphatic rings. The van der Waals surface area contributed by atoms with Crippen molar-refractivity contribution in [2.24, 2.45) is 0 Å². The van der Waals surface area contributed by atoms with E-state index in [9.17, 15) is 0 Å². The second kappa shape index (κ2) is 7.90. The number of halogens is 2. The van der Waals surface area contributed by atoms with Gasteiger partial charge < -0.3 is 14.2 Å². The van der Waals surface area contributed by atoms with Gasteiger partial charge in [-0.3, -0.25) is 0 Å². The van der Waals surface area contributed by atoms with Crippen molar-refractivity contribution in [2.45, 2.75) is 13.8 Å². The Bertz CT molecular complexity index is 867. The molecule has 0 aliphatic carbocycles. The second-order valence-electron chi connectivity index (χ2n) is 5.86. The highest BCUT2D eigenvalue weighted by atomic mass is 35.5. The Kier molecular flexibility index (Phi) is 5.60. The van der Waals surface area contributed by atoms with Crippen LogP contribution in [0.1, 0.15) is 11.1 Å². The largest absolute Gasteiger partial charge is 0.490 e. The Hall–Kier alpha value is -2.36. The average Bonchev–Trinajstić information content (AvgIpc) is 2.60. The molecule has 3 aromatic carbocycles. The number of ether oxygens (including phenoxy) is 3. The summed E-state index contributed by atoms with van der Waals surface area (Å²) in [6.07, 6.45) is 0. The number of methoxy groups -OCH3 is 1. The van der Waals surface area contributed by atoms with Gasteiger partial charge in [0.15, 0.2) is 11.5 Å². The van der Waals surface area contributed by atoms with E-state index in [4.69, 9.17) is 37.4 Å². The number of hydrogen-bond acceptors (Lipinski definition) is 3. The van der Waals surface area contributed by atoms with E-state index in [-0.39, 0.29) is 0 Å². The Morgan fingerprint density at radius 2 is 1.12 bits per heavy atom. The molecule has 0 bridgehead atoms. The Morgan fingerprint density at radius 3 is 1.50 bits per heavy atom. The molecular formula is C21H18Cl2O3. The van der Waals surface area contributed by atoms with E-state index >= 15 is 0 Å². The van der Waals surface area contributed by atoms with Gasteiger partial charge in [-0.15, -0.1) is 0 Å². The Balaban J connectivity index is 1.94. The minimum Gasteiger partial charge on any atom is -0.490 e. The fourth-order valence-corrected chi connectivity index (χ4v) is 3.02. The van der Waals surface area contributed by atoms with Gasteiger partial charge in [0.05, 0.1) is 17.2 Å². The molecule has 134 valence electrons. The SMILES string of the molecule is COc1c(Oc2ccc(C)cc2Cl)cccc1Oc1ccc(C)cc1Cl. The van der Waals surface area contributed by atoms with Crippen LogP contribution in [0.25, 0.3) is 0 Å². The van der Waals surface area contributed by atoms with Crippen LogP contribution in [-0.2, 0) is 0 Å². The van der Waals surface area contributed by atoms with Crippen molar-refractivity contribution in [1.29, 1.82) is 0 Å². The van der Waals surface area contributed by atoms with Gasteiger partial charge >= 0.3 is 0 Å². The molecule has 3 aromatic rings. The van der Waals surface area contributed by atoms with Gasteiger partial charge in [-0.1, -0.05) is 41.4 Å². The van der Waals surface area contributed by atoms with Crippen LogP contribution in [0.3, 0.4) is 0 Å². The first-order chi connectivity index (χ1) is 12.5. The van der Waals surface area contributed by atoms with Crippen LogP contribution < -0.4 is 14.2 Å². The van der Waals surface area contributed by atoms with Gasteiger partial charge in [0.1, 0.15) is 11.5 Å². The molecule has 0 fully saturated rings. The monoisotopic (exact) mass is 388 g/mol. The van der Waals surface area contributed by atoms with Crippen LogP contribution in [0, 0.1) is 13.8 Å². The van der Waals surface area contributed by atoms with E-state index in [1.807, 2.05) is 56.3 Å². The number of para-hydroxylation sites is 1. The average molecular weight is 389 g/mol. The molecule has 3 rings (SSSR count). The number of hydrogen-bond donors (Lipinski definition) is 0. The van der Waals surface area contributed by atoms with Gasteiger partial charge in [0.25, 0.3) is 0 Å². The maximum atomic E-state index is 6.27. The first-order valence-corrected chi connectivity index (χ1v) is 8.78. The molecule has 3 nitrogen and oxygen atoms in total. The molecule has 0 amide bonds. The van der Waals surface area contributed by atoms with Crippen LogP contribution in [0.15, 0.2) is 54.6 Å². The standard InChI is InChI=1S/C21H18Cl2O3/c1-13-7-9-17(15(22)11-13)25-19-5-4-6-20(21(19)24-3)26-18-10-8-14(2)12-16(18)23/h4-12H,1-3H3. The van der Waals surface area contributed by atoms with Crippen molar-refractivity contribution >= 4 is 23.2 Å². The summed E-state index contributed by atoms with van der Waals surface area (Å²) < 4.78 is 17.4. The fraction of sp³-hybridized carbons (Fsp3) is 0.143.